The van der Waals surface area contributed by atoms with E-state index >= 15 is 0 Å². The van der Waals surface area contributed by atoms with E-state index in [1.54, 1.807) is 19.1 Å². The molecule has 0 aliphatic rings. The molecule has 0 saturated carbocycles. The topological polar surface area (TPSA) is 82.1 Å². The molecular weight excluding hydrogens is 439 g/mol. The highest BCUT2D eigenvalue weighted by atomic mass is 19.1. The maximum absolute atomic E-state index is 12.6. The third kappa shape index (κ3) is 8.73. The summed E-state index contributed by atoms with van der Waals surface area (Å²) in [6.07, 6.45) is 6.49. The predicted octanol–water partition coefficient (Wildman–Crippen LogP) is 5.64. The molecule has 0 atom stereocenters. The average Bonchev–Trinajstić information content (AvgIpc) is 2.81. The van der Waals surface area contributed by atoms with Crippen molar-refractivity contribution in [1.29, 1.82) is 0 Å². The number of benzene rings is 2. The fourth-order valence-electron chi connectivity index (χ4n) is 3.15. The number of unbranched alkanes of at least 4 members (excludes halogenated alkanes) is 3. The summed E-state index contributed by atoms with van der Waals surface area (Å²) in [5, 5.41) is 9.51. The van der Waals surface area contributed by atoms with Gasteiger partial charge in [0.15, 0.2) is 6.67 Å². The van der Waals surface area contributed by atoms with E-state index in [1.165, 1.54) is 18.2 Å². The van der Waals surface area contributed by atoms with Crippen molar-refractivity contribution in [1.82, 2.24) is 0 Å². The number of hydrogen-bond donors (Lipinski definition) is 1. The molecule has 2 aromatic carbocycles. The highest BCUT2D eigenvalue weighted by Crippen LogP contribution is 2.25. The Hall–Kier alpha value is -3.61. The van der Waals surface area contributed by atoms with Crippen LogP contribution in [0.25, 0.3) is 6.08 Å². The van der Waals surface area contributed by atoms with E-state index in [2.05, 4.69) is 11.3 Å². The number of esters is 2. The van der Waals surface area contributed by atoms with E-state index in [-0.39, 0.29) is 12.4 Å². The number of aromatic hydroxyl groups is 1. The second-order valence-corrected chi connectivity index (χ2v) is 7.78. The standard InChI is InChI=1S/C27H31FO6/c1-4-21(27(31)34-25-12-10-23(29)15-20(25)3)17-22-9-11-24(16-19(22)2)32-13-7-5-6-8-14-33-26(30)18-28/h4,9-12,15-17,29H,1,5-8,13-14,18H2,2-3H3/b21-17+. The number of halogens is 1. The van der Waals surface area contributed by atoms with Gasteiger partial charge in [-0.1, -0.05) is 18.7 Å². The Morgan fingerprint density at radius 3 is 2.38 bits per heavy atom. The Labute approximate surface area is 199 Å². The van der Waals surface area contributed by atoms with Gasteiger partial charge in [-0.05, 0) is 92.6 Å². The Morgan fingerprint density at radius 1 is 1.00 bits per heavy atom. The Balaban J connectivity index is 1.86. The van der Waals surface area contributed by atoms with Gasteiger partial charge in [0, 0.05) is 0 Å². The van der Waals surface area contributed by atoms with Gasteiger partial charge in [-0.15, -0.1) is 0 Å². The third-order valence-electron chi connectivity index (χ3n) is 5.05. The van der Waals surface area contributed by atoms with Crippen LogP contribution in [0.15, 0.2) is 54.6 Å². The predicted molar refractivity (Wildman–Crippen MR) is 129 cm³/mol. The van der Waals surface area contributed by atoms with Crippen LogP contribution in [0, 0.1) is 13.8 Å². The Bertz CT molecular complexity index is 1030. The van der Waals surface area contributed by atoms with Crippen molar-refractivity contribution >= 4 is 18.0 Å². The van der Waals surface area contributed by atoms with Crippen LogP contribution in [0.1, 0.15) is 42.4 Å². The number of phenols is 1. The van der Waals surface area contributed by atoms with E-state index in [0.717, 1.165) is 36.1 Å². The fraction of sp³-hybridized carbons (Fsp3) is 0.333. The van der Waals surface area contributed by atoms with Crippen molar-refractivity contribution in [3.8, 4) is 17.2 Å². The number of hydrogen-bond acceptors (Lipinski definition) is 6. The van der Waals surface area contributed by atoms with E-state index in [0.29, 0.717) is 29.9 Å². The molecule has 6 nitrogen and oxygen atoms in total. The number of phenolic OH excluding ortho intramolecular Hbond substituents is 1. The molecule has 0 amide bonds. The molecular formula is C27H31FO6. The molecule has 34 heavy (non-hydrogen) atoms. The summed E-state index contributed by atoms with van der Waals surface area (Å²) >= 11 is 0. The molecule has 182 valence electrons. The lowest BCUT2D eigenvalue weighted by molar-refractivity contribution is -0.144. The number of carbonyl (C=O) groups is 2. The van der Waals surface area contributed by atoms with Gasteiger partial charge in [-0.3, -0.25) is 0 Å². The zero-order chi connectivity index (χ0) is 24.9. The molecule has 2 rings (SSSR count). The summed E-state index contributed by atoms with van der Waals surface area (Å²) < 4.78 is 27.9. The first-order valence-corrected chi connectivity index (χ1v) is 11.1. The minimum atomic E-state index is -1.08. The number of alkyl halides is 1. The minimum absolute atomic E-state index is 0.104. The Kier molecular flexibility index (Phi) is 10.8. The second-order valence-electron chi connectivity index (χ2n) is 7.78. The zero-order valence-corrected chi connectivity index (χ0v) is 19.6. The molecule has 0 radical (unpaired) electrons. The van der Waals surface area contributed by atoms with Gasteiger partial charge in [0.1, 0.15) is 17.2 Å². The van der Waals surface area contributed by atoms with Crippen LogP contribution in [-0.2, 0) is 14.3 Å². The van der Waals surface area contributed by atoms with Gasteiger partial charge in [0.25, 0.3) is 0 Å². The van der Waals surface area contributed by atoms with Gasteiger partial charge in [-0.2, -0.15) is 0 Å². The first-order chi connectivity index (χ1) is 16.3. The van der Waals surface area contributed by atoms with Gasteiger partial charge < -0.3 is 19.3 Å². The quantitative estimate of drug-likeness (QED) is 0.134. The first kappa shape index (κ1) is 26.6. The highest BCUT2D eigenvalue weighted by molar-refractivity contribution is 5.98. The maximum Gasteiger partial charge on any atom is 0.343 e. The van der Waals surface area contributed by atoms with Crippen LogP contribution in [0.5, 0.6) is 17.2 Å². The zero-order valence-electron chi connectivity index (χ0n) is 19.6. The smallest absolute Gasteiger partial charge is 0.343 e. The molecule has 7 heteroatoms. The molecule has 0 unspecified atom stereocenters. The highest BCUT2D eigenvalue weighted by Gasteiger charge is 2.12. The molecule has 0 aliphatic heterocycles. The molecule has 1 N–H and O–H groups in total. The Morgan fingerprint density at radius 2 is 1.74 bits per heavy atom. The third-order valence-corrected chi connectivity index (χ3v) is 5.05. The lowest BCUT2D eigenvalue weighted by Gasteiger charge is -2.10. The average molecular weight is 471 g/mol. The monoisotopic (exact) mass is 470 g/mol. The SMILES string of the molecule is C=C/C(=C\c1ccc(OCCCCCCOC(=O)CF)cc1C)C(=O)Oc1ccc(O)cc1C. The number of rotatable bonds is 13. The van der Waals surface area contributed by atoms with E-state index < -0.39 is 18.6 Å². The molecule has 0 saturated heterocycles. The van der Waals surface area contributed by atoms with Crippen LogP contribution in [0.3, 0.4) is 0 Å². The van der Waals surface area contributed by atoms with E-state index in [4.69, 9.17) is 9.47 Å². The van der Waals surface area contributed by atoms with Crippen LogP contribution < -0.4 is 9.47 Å². The number of aryl methyl sites for hydroxylation is 2. The van der Waals surface area contributed by atoms with Crippen LogP contribution >= 0.6 is 0 Å². The van der Waals surface area contributed by atoms with Gasteiger partial charge in [0.05, 0.1) is 18.8 Å². The van der Waals surface area contributed by atoms with Crippen LogP contribution in [0.4, 0.5) is 4.39 Å². The molecule has 0 bridgehead atoms. The number of carbonyl (C=O) groups excluding carboxylic acids is 2. The van der Waals surface area contributed by atoms with Crippen molar-refractivity contribution in [3.05, 3.63) is 71.3 Å². The summed E-state index contributed by atoms with van der Waals surface area (Å²) in [6.45, 7) is 7.10. The fourth-order valence-corrected chi connectivity index (χ4v) is 3.15. The number of ether oxygens (including phenoxy) is 3. The molecule has 0 aromatic heterocycles. The van der Waals surface area contributed by atoms with Gasteiger partial charge in [0.2, 0.25) is 0 Å². The maximum atomic E-state index is 12.6. The van der Waals surface area contributed by atoms with E-state index in [9.17, 15) is 19.1 Å². The normalized spacial score (nSPS) is 11.1. The van der Waals surface area contributed by atoms with Crippen molar-refractivity contribution in [2.24, 2.45) is 0 Å². The molecule has 2 aromatic rings. The lowest BCUT2D eigenvalue weighted by atomic mass is 10.0. The van der Waals surface area contributed by atoms with Gasteiger partial charge >= 0.3 is 11.9 Å². The van der Waals surface area contributed by atoms with Crippen molar-refractivity contribution in [2.45, 2.75) is 39.5 Å². The summed E-state index contributed by atoms with van der Waals surface area (Å²) in [7, 11) is 0. The van der Waals surface area contributed by atoms with E-state index in [1.807, 2.05) is 25.1 Å². The van der Waals surface area contributed by atoms with Crippen molar-refractivity contribution in [2.75, 3.05) is 19.9 Å². The second kappa shape index (κ2) is 13.8. The molecule has 0 fully saturated rings. The van der Waals surface area contributed by atoms with Crippen LogP contribution in [-0.4, -0.2) is 36.9 Å². The first-order valence-electron chi connectivity index (χ1n) is 11.1. The molecule has 0 heterocycles. The molecule has 0 spiro atoms. The molecule has 0 aliphatic carbocycles. The summed E-state index contributed by atoms with van der Waals surface area (Å²) in [5.74, 6) is -0.151. The van der Waals surface area contributed by atoms with Crippen LogP contribution in [0.2, 0.25) is 0 Å². The summed E-state index contributed by atoms with van der Waals surface area (Å²) in [4.78, 5) is 23.3. The van der Waals surface area contributed by atoms with Crippen molar-refractivity contribution < 1.29 is 33.3 Å². The lowest BCUT2D eigenvalue weighted by Crippen LogP contribution is -2.10. The largest absolute Gasteiger partial charge is 0.508 e. The van der Waals surface area contributed by atoms with Gasteiger partial charge in [-0.25, -0.2) is 14.0 Å². The van der Waals surface area contributed by atoms with Crippen molar-refractivity contribution in [3.63, 3.8) is 0 Å². The minimum Gasteiger partial charge on any atom is -0.508 e. The summed E-state index contributed by atoms with van der Waals surface area (Å²) in [5.41, 5.74) is 2.72. The summed E-state index contributed by atoms with van der Waals surface area (Å²) in [6, 6.07) is 10.1.